The highest BCUT2D eigenvalue weighted by molar-refractivity contribution is 8.00. The molecule has 1 aromatic carbocycles. The predicted octanol–water partition coefficient (Wildman–Crippen LogP) is 3.36. The predicted molar refractivity (Wildman–Crippen MR) is 92.9 cm³/mol. The van der Waals surface area contributed by atoms with Crippen molar-refractivity contribution in [1.82, 2.24) is 5.32 Å². The Balaban J connectivity index is 1.69. The fourth-order valence-corrected chi connectivity index (χ4v) is 5.32. The number of nitrogens with one attached hydrogen (secondary N) is 1. The molecule has 130 valence electrons. The fraction of sp³-hybridized carbons (Fsp3) is 0.529. The molecule has 0 bridgehead atoms. The largest absolute Gasteiger partial charge is 0.480 e. The maximum atomic E-state index is 11.4. The average molecular weight is 370 g/mol. The van der Waals surface area contributed by atoms with Crippen molar-refractivity contribution in [2.45, 2.75) is 41.9 Å². The summed E-state index contributed by atoms with van der Waals surface area (Å²) in [6, 6.07) is 4.51. The van der Waals surface area contributed by atoms with Crippen molar-refractivity contribution in [3.8, 4) is 0 Å². The standard InChI is InChI=1S/C17H20ClNO4S/c18-11-2-4-15(13(7-11)16(20)21)24-12-3-1-9-8-19-14(17(22)23)6-10(9)5-12/h2,4,7,9-10,12,14,19H,1,3,5-6,8H2,(H,20,21)(H,22,23)/t9-,10-,12-,14-/m0/s1. The van der Waals surface area contributed by atoms with Crippen LogP contribution in [0.5, 0.6) is 0 Å². The summed E-state index contributed by atoms with van der Waals surface area (Å²) in [5.41, 5.74) is 0.239. The van der Waals surface area contributed by atoms with E-state index in [2.05, 4.69) is 5.32 Å². The number of carboxylic acids is 2. The van der Waals surface area contributed by atoms with E-state index in [1.807, 2.05) is 0 Å². The second kappa shape index (κ2) is 7.33. The van der Waals surface area contributed by atoms with E-state index in [9.17, 15) is 19.8 Å². The Morgan fingerprint density at radius 2 is 1.96 bits per heavy atom. The van der Waals surface area contributed by atoms with Crippen LogP contribution < -0.4 is 5.32 Å². The van der Waals surface area contributed by atoms with Gasteiger partial charge >= 0.3 is 11.9 Å². The summed E-state index contributed by atoms with van der Waals surface area (Å²) in [5, 5.41) is 22.4. The van der Waals surface area contributed by atoms with Crippen molar-refractivity contribution in [1.29, 1.82) is 0 Å². The molecule has 24 heavy (non-hydrogen) atoms. The lowest BCUT2D eigenvalue weighted by atomic mass is 9.73. The van der Waals surface area contributed by atoms with Crippen LogP contribution in [0.25, 0.3) is 0 Å². The van der Waals surface area contributed by atoms with Crippen LogP contribution in [0.15, 0.2) is 23.1 Å². The molecule has 3 N–H and O–H groups in total. The van der Waals surface area contributed by atoms with Gasteiger partial charge in [0.25, 0.3) is 0 Å². The second-order valence-electron chi connectivity index (χ2n) is 6.55. The number of hydrogen-bond acceptors (Lipinski definition) is 4. The zero-order chi connectivity index (χ0) is 17.3. The number of rotatable bonds is 4. The number of aromatic carboxylic acids is 1. The van der Waals surface area contributed by atoms with Gasteiger partial charge in [0.1, 0.15) is 6.04 Å². The zero-order valence-electron chi connectivity index (χ0n) is 13.1. The molecule has 1 aliphatic heterocycles. The lowest BCUT2D eigenvalue weighted by molar-refractivity contribution is -0.141. The number of carboxylic acid groups (broad SMARTS) is 2. The average Bonchev–Trinajstić information content (AvgIpc) is 2.55. The van der Waals surface area contributed by atoms with Gasteiger partial charge in [-0.1, -0.05) is 11.6 Å². The minimum absolute atomic E-state index is 0.239. The molecular formula is C17H20ClNO4S. The minimum Gasteiger partial charge on any atom is -0.480 e. The smallest absolute Gasteiger partial charge is 0.336 e. The Hall–Kier alpha value is -1.24. The first-order chi connectivity index (χ1) is 11.4. The topological polar surface area (TPSA) is 86.6 Å². The van der Waals surface area contributed by atoms with Crippen LogP contribution in [-0.2, 0) is 4.79 Å². The first kappa shape index (κ1) is 17.6. The molecular weight excluding hydrogens is 350 g/mol. The molecule has 1 aliphatic carbocycles. The van der Waals surface area contributed by atoms with Gasteiger partial charge in [-0.2, -0.15) is 0 Å². The Labute approximate surface area is 149 Å². The van der Waals surface area contributed by atoms with Gasteiger partial charge < -0.3 is 15.5 Å². The summed E-state index contributed by atoms with van der Waals surface area (Å²) < 4.78 is 0. The molecule has 1 saturated carbocycles. The molecule has 1 aromatic rings. The molecule has 0 unspecified atom stereocenters. The van der Waals surface area contributed by atoms with Gasteiger partial charge in [-0.25, -0.2) is 4.79 Å². The zero-order valence-corrected chi connectivity index (χ0v) is 14.6. The van der Waals surface area contributed by atoms with Crippen molar-refractivity contribution in [3.63, 3.8) is 0 Å². The van der Waals surface area contributed by atoms with Crippen LogP contribution >= 0.6 is 23.4 Å². The monoisotopic (exact) mass is 369 g/mol. The van der Waals surface area contributed by atoms with Gasteiger partial charge in [-0.3, -0.25) is 4.79 Å². The Morgan fingerprint density at radius 3 is 2.67 bits per heavy atom. The molecule has 7 heteroatoms. The molecule has 0 aromatic heterocycles. The van der Waals surface area contributed by atoms with Gasteiger partial charge in [0, 0.05) is 15.2 Å². The van der Waals surface area contributed by atoms with Crippen LogP contribution in [0.2, 0.25) is 5.02 Å². The maximum Gasteiger partial charge on any atom is 0.336 e. The van der Waals surface area contributed by atoms with Crippen LogP contribution in [0, 0.1) is 11.8 Å². The highest BCUT2D eigenvalue weighted by Crippen LogP contribution is 2.43. The molecule has 2 aliphatic rings. The molecule has 1 heterocycles. The van der Waals surface area contributed by atoms with Crippen molar-refractivity contribution in [2.24, 2.45) is 11.8 Å². The molecule has 4 atom stereocenters. The van der Waals surface area contributed by atoms with E-state index < -0.39 is 18.0 Å². The van der Waals surface area contributed by atoms with E-state index in [0.717, 1.165) is 30.7 Å². The highest BCUT2D eigenvalue weighted by atomic mass is 35.5. The molecule has 5 nitrogen and oxygen atoms in total. The first-order valence-corrected chi connectivity index (χ1v) is 9.35. The van der Waals surface area contributed by atoms with Gasteiger partial charge in [-0.05, 0) is 62.3 Å². The molecule has 0 spiro atoms. The van der Waals surface area contributed by atoms with Crippen LogP contribution in [0.4, 0.5) is 0 Å². The number of piperidine rings is 1. The molecule has 3 rings (SSSR count). The summed E-state index contributed by atoms with van der Waals surface area (Å²) >= 11 is 7.49. The Kier molecular flexibility index (Phi) is 5.37. The summed E-state index contributed by atoms with van der Waals surface area (Å²) in [7, 11) is 0. The van der Waals surface area contributed by atoms with E-state index >= 15 is 0 Å². The van der Waals surface area contributed by atoms with E-state index in [-0.39, 0.29) is 5.56 Å². The summed E-state index contributed by atoms with van der Waals surface area (Å²) in [6.45, 7) is 0.764. The number of aliphatic carboxylic acids is 1. The molecule has 1 saturated heterocycles. The SMILES string of the molecule is O=C(O)c1cc(Cl)ccc1S[C@H]1CC[C@H]2CN[C@H](C(=O)O)C[C@@H]2C1. The molecule has 2 fully saturated rings. The quantitative estimate of drug-likeness (QED) is 0.754. The fourth-order valence-electron chi connectivity index (χ4n) is 3.77. The Morgan fingerprint density at radius 1 is 1.17 bits per heavy atom. The first-order valence-electron chi connectivity index (χ1n) is 8.09. The third-order valence-corrected chi connectivity index (χ3v) is 6.63. The molecule has 0 radical (unpaired) electrons. The van der Waals surface area contributed by atoms with Gasteiger partial charge in [0.2, 0.25) is 0 Å². The number of fused-ring (bicyclic) bond motifs is 1. The number of carbonyl (C=O) groups is 2. The Bertz CT molecular complexity index is 653. The number of thioether (sulfide) groups is 1. The lowest BCUT2D eigenvalue weighted by Crippen LogP contribution is -2.49. The van der Waals surface area contributed by atoms with Crippen LogP contribution in [0.3, 0.4) is 0 Å². The van der Waals surface area contributed by atoms with Crippen LogP contribution in [-0.4, -0.2) is 40.0 Å². The van der Waals surface area contributed by atoms with E-state index in [1.54, 1.807) is 23.9 Å². The summed E-state index contributed by atoms with van der Waals surface area (Å²) in [6.07, 6.45) is 3.66. The maximum absolute atomic E-state index is 11.4. The van der Waals surface area contributed by atoms with Crippen molar-refractivity contribution < 1.29 is 19.8 Å². The number of benzene rings is 1. The minimum atomic E-state index is -0.971. The van der Waals surface area contributed by atoms with Gasteiger partial charge in [0.15, 0.2) is 0 Å². The summed E-state index contributed by atoms with van der Waals surface area (Å²) in [4.78, 5) is 23.4. The van der Waals surface area contributed by atoms with Gasteiger partial charge in [-0.15, -0.1) is 11.8 Å². The van der Waals surface area contributed by atoms with E-state index in [1.165, 1.54) is 6.07 Å². The highest BCUT2D eigenvalue weighted by Gasteiger charge is 2.38. The van der Waals surface area contributed by atoms with Crippen LogP contribution in [0.1, 0.15) is 36.0 Å². The molecule has 0 amide bonds. The van der Waals surface area contributed by atoms with Crippen molar-refractivity contribution in [2.75, 3.05) is 6.54 Å². The number of halogens is 1. The third-order valence-electron chi connectivity index (χ3n) is 5.02. The van der Waals surface area contributed by atoms with E-state index in [4.69, 9.17) is 11.6 Å². The van der Waals surface area contributed by atoms with Gasteiger partial charge in [0.05, 0.1) is 5.56 Å². The van der Waals surface area contributed by atoms with E-state index in [0.29, 0.717) is 28.5 Å². The van der Waals surface area contributed by atoms with Crippen molar-refractivity contribution >= 4 is 35.3 Å². The third kappa shape index (κ3) is 3.87. The second-order valence-corrected chi connectivity index (χ2v) is 8.33. The normalized spacial score (nSPS) is 29.7. The number of hydrogen-bond donors (Lipinski definition) is 3. The lowest BCUT2D eigenvalue weighted by Gasteiger charge is -2.41. The summed E-state index contributed by atoms with van der Waals surface area (Å²) in [5.74, 6) is -0.837. The van der Waals surface area contributed by atoms with Crippen molar-refractivity contribution in [3.05, 3.63) is 28.8 Å².